The van der Waals surface area contributed by atoms with Gasteiger partial charge in [0.25, 0.3) is 0 Å². The molecular formula is C62H41N3. The number of dihydropyridines is 1. The molecule has 0 N–H and O–H groups in total. The fourth-order valence-corrected chi connectivity index (χ4v) is 10.5. The Bertz CT molecular complexity index is 3910. The Kier molecular flexibility index (Phi) is 8.67. The lowest BCUT2D eigenvalue weighted by Crippen LogP contribution is -2.12. The molecule has 0 saturated carbocycles. The number of allylic oxidation sites excluding steroid dienone is 1. The molecule has 0 saturated heterocycles. The molecule has 13 rings (SSSR count). The summed E-state index contributed by atoms with van der Waals surface area (Å²) in [7, 11) is 0. The lowest BCUT2D eigenvalue weighted by Gasteiger charge is -2.21. The molecular weight excluding hydrogens is 787 g/mol. The topological polar surface area (TPSA) is 30.2 Å². The summed E-state index contributed by atoms with van der Waals surface area (Å²) in [6.07, 6.45) is 7.11. The number of aliphatic imine (C=N–C) groups is 1. The van der Waals surface area contributed by atoms with Crippen molar-refractivity contribution in [3.8, 4) is 44.6 Å². The first-order valence-electron chi connectivity index (χ1n) is 22.5. The van der Waals surface area contributed by atoms with Gasteiger partial charge in [-0.1, -0.05) is 188 Å². The minimum absolute atomic E-state index is 0.0938. The molecule has 12 aromatic rings. The van der Waals surface area contributed by atoms with Gasteiger partial charge in [0.2, 0.25) is 0 Å². The molecule has 0 bridgehead atoms. The standard InChI is InChI=1S/C62H41N3/c1-2-15-44(16-3-1)62-61-53-21-10-11-23-56(53)65(57(61)35-36-63-62)58-24-12-22-55(64-58)43-29-25-42(26-30-43)47-33-34-52-54(39-47)60(49-32-28-41-14-5-7-18-46(41)38-49)51-20-9-8-19-50(51)59(52)48-31-27-40-13-4-6-17-45(40)37-48/h1-23,25-39,58H,24H2. The summed E-state index contributed by atoms with van der Waals surface area (Å²) in [5.41, 5.74) is 13.8. The predicted octanol–water partition coefficient (Wildman–Crippen LogP) is 16.4. The Balaban J connectivity index is 0.934. The minimum atomic E-state index is -0.0938. The molecule has 3 heterocycles. The normalized spacial score (nSPS) is 14.0. The van der Waals surface area contributed by atoms with Crippen LogP contribution < -0.4 is 0 Å². The Morgan fingerprint density at radius 2 is 0.938 bits per heavy atom. The molecule has 0 amide bonds. The first kappa shape index (κ1) is 37.2. The molecule has 0 aliphatic carbocycles. The molecule has 1 unspecified atom stereocenters. The second-order valence-electron chi connectivity index (χ2n) is 17.2. The maximum atomic E-state index is 5.47. The summed E-state index contributed by atoms with van der Waals surface area (Å²) in [6, 6.07) is 77.5. The second kappa shape index (κ2) is 15.1. The molecule has 304 valence electrons. The highest BCUT2D eigenvalue weighted by atomic mass is 15.1. The van der Waals surface area contributed by atoms with Gasteiger partial charge in [-0.3, -0.25) is 9.98 Å². The number of aromatic nitrogens is 2. The van der Waals surface area contributed by atoms with Crippen molar-refractivity contribution in [2.45, 2.75) is 12.6 Å². The van der Waals surface area contributed by atoms with E-state index in [9.17, 15) is 0 Å². The van der Waals surface area contributed by atoms with Gasteiger partial charge in [-0.25, -0.2) is 0 Å². The van der Waals surface area contributed by atoms with Crippen molar-refractivity contribution >= 4 is 70.6 Å². The zero-order valence-corrected chi connectivity index (χ0v) is 35.6. The van der Waals surface area contributed by atoms with Crippen LogP contribution in [0.1, 0.15) is 18.2 Å². The Morgan fingerprint density at radius 1 is 0.385 bits per heavy atom. The van der Waals surface area contributed by atoms with Crippen molar-refractivity contribution in [3.63, 3.8) is 0 Å². The van der Waals surface area contributed by atoms with E-state index in [1.165, 1.54) is 92.8 Å². The lowest BCUT2D eigenvalue weighted by atomic mass is 9.84. The van der Waals surface area contributed by atoms with E-state index < -0.39 is 0 Å². The number of rotatable bonds is 6. The third kappa shape index (κ3) is 6.19. The molecule has 3 heteroatoms. The number of para-hydroxylation sites is 1. The Labute approximate surface area is 376 Å². The molecule has 2 aromatic heterocycles. The number of hydrogen-bond acceptors (Lipinski definition) is 2. The fraction of sp³-hybridized carbons (Fsp3) is 0.0323. The number of fused-ring (bicyclic) bond motifs is 7. The fourth-order valence-electron chi connectivity index (χ4n) is 10.5. The minimum Gasteiger partial charge on any atom is -0.317 e. The number of nitrogens with zero attached hydrogens (tertiary/aromatic N) is 3. The van der Waals surface area contributed by atoms with Gasteiger partial charge in [-0.15, -0.1) is 0 Å². The van der Waals surface area contributed by atoms with E-state index in [-0.39, 0.29) is 6.17 Å². The number of hydrogen-bond donors (Lipinski definition) is 0. The molecule has 3 nitrogen and oxygen atoms in total. The van der Waals surface area contributed by atoms with Gasteiger partial charge in [0.1, 0.15) is 6.17 Å². The van der Waals surface area contributed by atoms with Gasteiger partial charge < -0.3 is 4.57 Å². The van der Waals surface area contributed by atoms with E-state index in [4.69, 9.17) is 9.98 Å². The van der Waals surface area contributed by atoms with Crippen molar-refractivity contribution in [3.05, 3.63) is 236 Å². The average molecular weight is 828 g/mol. The van der Waals surface area contributed by atoms with Crippen LogP contribution in [0.25, 0.3) is 110 Å². The van der Waals surface area contributed by atoms with Gasteiger partial charge in [-0.05, 0) is 118 Å². The van der Waals surface area contributed by atoms with Crippen LogP contribution in [-0.4, -0.2) is 15.3 Å². The summed E-state index contributed by atoms with van der Waals surface area (Å²) in [4.78, 5) is 10.4. The van der Waals surface area contributed by atoms with E-state index in [2.05, 4.69) is 229 Å². The third-order valence-electron chi connectivity index (χ3n) is 13.5. The first-order chi connectivity index (χ1) is 32.2. The van der Waals surface area contributed by atoms with Crippen molar-refractivity contribution in [2.75, 3.05) is 0 Å². The van der Waals surface area contributed by atoms with Crippen LogP contribution >= 0.6 is 0 Å². The highest BCUT2D eigenvalue weighted by molar-refractivity contribution is 6.23. The molecule has 0 radical (unpaired) electrons. The molecule has 10 aromatic carbocycles. The third-order valence-corrected chi connectivity index (χ3v) is 13.5. The van der Waals surface area contributed by atoms with Crippen LogP contribution in [0.5, 0.6) is 0 Å². The number of benzene rings is 10. The van der Waals surface area contributed by atoms with Crippen molar-refractivity contribution in [1.82, 2.24) is 9.55 Å². The Hall–Kier alpha value is -8.40. The van der Waals surface area contributed by atoms with Gasteiger partial charge in [-0.2, -0.15) is 0 Å². The van der Waals surface area contributed by atoms with Crippen LogP contribution in [-0.2, 0) is 0 Å². The zero-order valence-electron chi connectivity index (χ0n) is 35.6. The maximum Gasteiger partial charge on any atom is 0.129 e. The highest BCUT2D eigenvalue weighted by Crippen LogP contribution is 2.46. The van der Waals surface area contributed by atoms with Crippen molar-refractivity contribution in [2.24, 2.45) is 4.99 Å². The number of pyridine rings is 1. The van der Waals surface area contributed by atoms with E-state index in [1.54, 1.807) is 0 Å². The van der Waals surface area contributed by atoms with Crippen LogP contribution in [0.4, 0.5) is 0 Å². The van der Waals surface area contributed by atoms with Crippen molar-refractivity contribution < 1.29 is 0 Å². The van der Waals surface area contributed by atoms with Gasteiger partial charge >= 0.3 is 0 Å². The lowest BCUT2D eigenvalue weighted by molar-refractivity contribution is 0.560. The summed E-state index contributed by atoms with van der Waals surface area (Å²) in [6.45, 7) is 0. The van der Waals surface area contributed by atoms with E-state index in [1.807, 2.05) is 6.20 Å². The SMILES string of the molecule is C1=CC(c2ccc(-c3ccc4c(-c5ccc6ccccc6c5)c5ccccc5c(-c5ccc6ccccc6c5)c4c3)cc2)=NC(n2c3ccccc3c3c(-c4ccccc4)nccc32)C1. The molecule has 0 spiro atoms. The Morgan fingerprint density at radius 3 is 1.65 bits per heavy atom. The maximum absolute atomic E-state index is 5.47. The van der Waals surface area contributed by atoms with Gasteiger partial charge in [0.15, 0.2) is 0 Å². The van der Waals surface area contributed by atoms with Crippen LogP contribution in [0.3, 0.4) is 0 Å². The van der Waals surface area contributed by atoms with Crippen LogP contribution in [0.2, 0.25) is 0 Å². The predicted molar refractivity (Wildman–Crippen MR) is 275 cm³/mol. The summed E-state index contributed by atoms with van der Waals surface area (Å²) in [5, 5.41) is 12.3. The van der Waals surface area contributed by atoms with Crippen LogP contribution in [0.15, 0.2) is 236 Å². The van der Waals surface area contributed by atoms with E-state index in [0.717, 1.165) is 34.5 Å². The quantitative estimate of drug-likeness (QED) is 0.154. The van der Waals surface area contributed by atoms with Crippen molar-refractivity contribution in [1.29, 1.82) is 0 Å². The highest BCUT2D eigenvalue weighted by Gasteiger charge is 2.23. The second-order valence-corrected chi connectivity index (χ2v) is 17.2. The first-order valence-corrected chi connectivity index (χ1v) is 22.5. The zero-order chi connectivity index (χ0) is 42.8. The largest absolute Gasteiger partial charge is 0.317 e. The van der Waals surface area contributed by atoms with Crippen LogP contribution in [0, 0.1) is 0 Å². The van der Waals surface area contributed by atoms with Gasteiger partial charge in [0, 0.05) is 29.0 Å². The molecule has 1 atom stereocenters. The molecule has 0 fully saturated rings. The smallest absolute Gasteiger partial charge is 0.129 e. The summed E-state index contributed by atoms with van der Waals surface area (Å²) < 4.78 is 2.41. The summed E-state index contributed by atoms with van der Waals surface area (Å²) in [5.74, 6) is 0. The van der Waals surface area contributed by atoms with E-state index in [0.29, 0.717) is 0 Å². The van der Waals surface area contributed by atoms with Gasteiger partial charge in [0.05, 0.1) is 22.4 Å². The monoisotopic (exact) mass is 827 g/mol. The van der Waals surface area contributed by atoms with E-state index >= 15 is 0 Å². The summed E-state index contributed by atoms with van der Waals surface area (Å²) >= 11 is 0. The molecule has 1 aliphatic heterocycles. The average Bonchev–Trinajstić information content (AvgIpc) is 3.72. The molecule has 65 heavy (non-hydrogen) atoms. The molecule has 1 aliphatic rings.